The third kappa shape index (κ3) is 4.46. The van der Waals surface area contributed by atoms with Crippen LogP contribution < -0.4 is 0 Å². The average molecular weight is 666 g/mol. The molecule has 3 aromatic heterocycles. The number of furan rings is 2. The van der Waals surface area contributed by atoms with E-state index in [9.17, 15) is 0 Å². The van der Waals surface area contributed by atoms with Gasteiger partial charge in [-0.05, 0) is 63.7 Å². The lowest BCUT2D eigenvalue weighted by atomic mass is 9.96. The third-order valence-electron chi connectivity index (χ3n) is 10.1. The maximum Gasteiger partial charge on any atom is 0.164 e. The molecule has 0 atom stereocenters. The smallest absolute Gasteiger partial charge is 0.164 e. The molecule has 11 rings (SSSR count). The van der Waals surface area contributed by atoms with Gasteiger partial charge in [-0.2, -0.15) is 0 Å². The standard InChI is InChI=1S/C47H27N3O2/c1-2-12-29(13-3-1)33-18-10-20-41-43(33)39-27-38(34-15-6-7-17-37(34)44(39)52-41)47-49-45(31-22-21-28-11-4-5-14-30(28)25-31)48-46(50-47)32-23-24-36-35-16-8-9-19-40(35)51-42(36)26-32/h1-27H. The van der Waals surface area contributed by atoms with E-state index >= 15 is 0 Å². The minimum Gasteiger partial charge on any atom is -0.456 e. The van der Waals surface area contributed by atoms with Crippen LogP contribution in [-0.4, -0.2) is 15.0 Å². The minimum absolute atomic E-state index is 0.571. The van der Waals surface area contributed by atoms with Crippen molar-refractivity contribution in [1.29, 1.82) is 0 Å². The van der Waals surface area contributed by atoms with E-state index in [0.29, 0.717) is 17.5 Å². The summed E-state index contributed by atoms with van der Waals surface area (Å²) in [4.78, 5) is 15.6. The van der Waals surface area contributed by atoms with Gasteiger partial charge in [-0.3, -0.25) is 0 Å². The summed E-state index contributed by atoms with van der Waals surface area (Å²) in [5.74, 6) is 1.76. The molecule has 5 heteroatoms. The Labute approximate surface area is 297 Å². The van der Waals surface area contributed by atoms with E-state index < -0.39 is 0 Å². The quantitative estimate of drug-likeness (QED) is 0.187. The number of nitrogens with zero attached hydrogens (tertiary/aromatic N) is 3. The van der Waals surface area contributed by atoms with Gasteiger partial charge >= 0.3 is 0 Å². The molecular weight excluding hydrogens is 639 g/mol. The Morgan fingerprint density at radius 1 is 0.327 bits per heavy atom. The highest BCUT2D eigenvalue weighted by Crippen LogP contribution is 2.43. The largest absolute Gasteiger partial charge is 0.456 e. The molecule has 3 heterocycles. The third-order valence-corrected chi connectivity index (χ3v) is 10.1. The zero-order chi connectivity index (χ0) is 34.2. The molecule has 0 N–H and O–H groups in total. The van der Waals surface area contributed by atoms with Crippen molar-refractivity contribution in [3.8, 4) is 45.3 Å². The molecule has 5 nitrogen and oxygen atoms in total. The van der Waals surface area contributed by atoms with E-state index in [1.165, 1.54) is 0 Å². The summed E-state index contributed by atoms with van der Waals surface area (Å²) in [6.45, 7) is 0. The molecule has 242 valence electrons. The first-order valence-corrected chi connectivity index (χ1v) is 17.3. The van der Waals surface area contributed by atoms with Gasteiger partial charge in [0.2, 0.25) is 0 Å². The number of benzene rings is 8. The van der Waals surface area contributed by atoms with Crippen molar-refractivity contribution in [3.63, 3.8) is 0 Å². The van der Waals surface area contributed by atoms with Gasteiger partial charge in [0.15, 0.2) is 17.5 Å². The number of fused-ring (bicyclic) bond motifs is 9. The lowest BCUT2D eigenvalue weighted by Crippen LogP contribution is -2.00. The van der Waals surface area contributed by atoms with E-state index in [0.717, 1.165) is 93.2 Å². The van der Waals surface area contributed by atoms with Crippen LogP contribution in [0.2, 0.25) is 0 Å². The zero-order valence-corrected chi connectivity index (χ0v) is 27.7. The van der Waals surface area contributed by atoms with Crippen molar-refractivity contribution in [2.45, 2.75) is 0 Å². The first-order chi connectivity index (χ1) is 25.7. The van der Waals surface area contributed by atoms with Crippen LogP contribution in [0.4, 0.5) is 0 Å². The first-order valence-electron chi connectivity index (χ1n) is 17.3. The molecule has 0 fully saturated rings. The molecule has 0 unspecified atom stereocenters. The van der Waals surface area contributed by atoms with Crippen LogP contribution >= 0.6 is 0 Å². The molecule has 0 amide bonds. The fraction of sp³-hybridized carbons (Fsp3) is 0. The zero-order valence-electron chi connectivity index (χ0n) is 27.7. The molecule has 0 aliphatic rings. The number of hydrogen-bond acceptors (Lipinski definition) is 5. The van der Waals surface area contributed by atoms with Crippen LogP contribution in [0.15, 0.2) is 173 Å². The summed E-state index contributed by atoms with van der Waals surface area (Å²) < 4.78 is 12.9. The molecular formula is C47H27N3O2. The van der Waals surface area contributed by atoms with Gasteiger partial charge in [0.05, 0.1) is 0 Å². The highest BCUT2D eigenvalue weighted by Gasteiger charge is 2.21. The molecule has 11 aromatic rings. The molecule has 0 aliphatic heterocycles. The maximum atomic E-state index is 6.65. The van der Waals surface area contributed by atoms with Gasteiger partial charge in [-0.1, -0.05) is 127 Å². The van der Waals surface area contributed by atoms with Crippen molar-refractivity contribution < 1.29 is 8.83 Å². The number of aromatic nitrogens is 3. The molecule has 52 heavy (non-hydrogen) atoms. The van der Waals surface area contributed by atoms with Crippen LogP contribution in [0.5, 0.6) is 0 Å². The van der Waals surface area contributed by atoms with Crippen molar-refractivity contribution >= 4 is 65.4 Å². The van der Waals surface area contributed by atoms with Crippen LogP contribution in [0.25, 0.3) is 111 Å². The van der Waals surface area contributed by atoms with Crippen LogP contribution in [0.3, 0.4) is 0 Å². The normalized spacial score (nSPS) is 11.8. The Balaban J connectivity index is 1.20. The molecule has 0 bridgehead atoms. The number of rotatable bonds is 4. The van der Waals surface area contributed by atoms with E-state index in [-0.39, 0.29) is 0 Å². The second-order valence-corrected chi connectivity index (χ2v) is 13.2. The Morgan fingerprint density at radius 3 is 1.85 bits per heavy atom. The van der Waals surface area contributed by atoms with E-state index in [2.05, 4.69) is 127 Å². The Morgan fingerprint density at radius 2 is 0.981 bits per heavy atom. The topological polar surface area (TPSA) is 65.0 Å². The second kappa shape index (κ2) is 11.2. The molecule has 8 aromatic carbocycles. The highest BCUT2D eigenvalue weighted by molar-refractivity contribution is 6.22. The van der Waals surface area contributed by atoms with E-state index in [1.54, 1.807) is 0 Å². The molecule has 0 spiro atoms. The van der Waals surface area contributed by atoms with E-state index in [1.807, 2.05) is 36.4 Å². The monoisotopic (exact) mass is 665 g/mol. The van der Waals surface area contributed by atoms with Gasteiger partial charge in [0.25, 0.3) is 0 Å². The highest BCUT2D eigenvalue weighted by atomic mass is 16.3. The van der Waals surface area contributed by atoms with Crippen molar-refractivity contribution in [1.82, 2.24) is 15.0 Å². The van der Waals surface area contributed by atoms with Crippen molar-refractivity contribution in [3.05, 3.63) is 164 Å². The van der Waals surface area contributed by atoms with Crippen LogP contribution in [0, 0.1) is 0 Å². The summed E-state index contributed by atoms with van der Waals surface area (Å²) in [5.41, 5.74) is 8.25. The van der Waals surface area contributed by atoms with Gasteiger partial charge < -0.3 is 8.83 Å². The number of para-hydroxylation sites is 1. The molecule has 0 saturated carbocycles. The van der Waals surface area contributed by atoms with Gasteiger partial charge in [-0.25, -0.2) is 15.0 Å². The average Bonchev–Trinajstić information content (AvgIpc) is 3.79. The number of hydrogen-bond donors (Lipinski definition) is 0. The maximum absolute atomic E-state index is 6.65. The lowest BCUT2D eigenvalue weighted by molar-refractivity contribution is 0.669. The summed E-state index contributed by atoms with van der Waals surface area (Å²) in [5, 5.41) is 8.51. The lowest BCUT2D eigenvalue weighted by Gasteiger charge is -2.12. The van der Waals surface area contributed by atoms with Crippen molar-refractivity contribution in [2.24, 2.45) is 0 Å². The molecule has 0 radical (unpaired) electrons. The van der Waals surface area contributed by atoms with Gasteiger partial charge in [-0.15, -0.1) is 0 Å². The minimum atomic E-state index is 0.571. The van der Waals surface area contributed by atoms with Crippen LogP contribution in [-0.2, 0) is 0 Å². The van der Waals surface area contributed by atoms with Gasteiger partial charge in [0.1, 0.15) is 22.3 Å². The Bertz CT molecular complexity index is 3190. The predicted octanol–water partition coefficient (Wildman–Crippen LogP) is 12.6. The Hall–Kier alpha value is -7.11. The van der Waals surface area contributed by atoms with Crippen molar-refractivity contribution in [2.75, 3.05) is 0 Å². The summed E-state index contributed by atoms with van der Waals surface area (Å²) >= 11 is 0. The summed E-state index contributed by atoms with van der Waals surface area (Å²) in [6.07, 6.45) is 0. The Kier molecular flexibility index (Phi) is 6.18. The fourth-order valence-electron chi connectivity index (χ4n) is 7.64. The first kappa shape index (κ1) is 28.7. The SMILES string of the molecule is c1ccc(-c2cccc3oc4c5ccccc5c(-c5nc(-c6ccc7ccccc7c6)nc(-c6ccc7c(c6)oc6ccccc67)n5)cc4c23)cc1. The fourth-order valence-corrected chi connectivity index (χ4v) is 7.64. The second-order valence-electron chi connectivity index (χ2n) is 13.2. The predicted molar refractivity (Wildman–Crippen MR) is 211 cm³/mol. The molecule has 0 aliphatic carbocycles. The van der Waals surface area contributed by atoms with Crippen LogP contribution in [0.1, 0.15) is 0 Å². The van der Waals surface area contributed by atoms with E-state index in [4.69, 9.17) is 23.8 Å². The van der Waals surface area contributed by atoms with Gasteiger partial charge in [0, 0.05) is 43.6 Å². The summed E-state index contributed by atoms with van der Waals surface area (Å²) in [7, 11) is 0. The summed E-state index contributed by atoms with van der Waals surface area (Å²) in [6, 6.07) is 56.3. The molecule has 0 saturated heterocycles.